The standard InChI is InChI=1S/C30H40ClFN2O4/c1-6-7-8-23(29(37)38)17-22(27(35)34-26(28(36)33-5)30(2,3)4)14-11-19-9-12-20(13-10-19)21-15-16-25(32)24(31)18-21/h9-10,12-13,15-16,18,22-23,26H,6-8,11,14,17H2,1-5H3,(H,33,36)(H,34,35)(H,37,38)/t22-,23-,26+/m0/s1. The molecule has 2 aromatic carbocycles. The highest BCUT2D eigenvalue weighted by molar-refractivity contribution is 6.31. The van der Waals surface area contributed by atoms with E-state index in [0.717, 1.165) is 29.5 Å². The number of amides is 2. The highest BCUT2D eigenvalue weighted by atomic mass is 35.5. The van der Waals surface area contributed by atoms with E-state index in [4.69, 9.17) is 11.6 Å². The van der Waals surface area contributed by atoms with Gasteiger partial charge < -0.3 is 15.7 Å². The van der Waals surface area contributed by atoms with E-state index in [1.807, 2.05) is 52.0 Å². The molecule has 2 amide bonds. The zero-order valence-corrected chi connectivity index (χ0v) is 23.7. The molecule has 8 heteroatoms. The predicted octanol–water partition coefficient (Wildman–Crippen LogP) is 6.25. The number of benzene rings is 2. The third kappa shape index (κ3) is 9.12. The minimum atomic E-state index is -0.905. The topological polar surface area (TPSA) is 95.5 Å². The lowest BCUT2D eigenvalue weighted by Crippen LogP contribution is -2.54. The monoisotopic (exact) mass is 546 g/mol. The Balaban J connectivity index is 2.22. The summed E-state index contributed by atoms with van der Waals surface area (Å²) in [5, 5.41) is 15.4. The van der Waals surface area contributed by atoms with Gasteiger partial charge >= 0.3 is 5.97 Å². The van der Waals surface area contributed by atoms with Crippen LogP contribution in [-0.2, 0) is 20.8 Å². The normalized spacial score (nSPS) is 13.9. The molecule has 2 aromatic rings. The van der Waals surface area contributed by atoms with Crippen LogP contribution in [0.1, 0.15) is 65.4 Å². The van der Waals surface area contributed by atoms with Gasteiger partial charge in [-0.1, -0.05) is 82.5 Å². The van der Waals surface area contributed by atoms with Crippen molar-refractivity contribution >= 4 is 29.4 Å². The van der Waals surface area contributed by atoms with Crippen molar-refractivity contribution in [1.29, 1.82) is 0 Å². The summed E-state index contributed by atoms with van der Waals surface area (Å²) in [7, 11) is 1.53. The Morgan fingerprint density at radius 3 is 2.13 bits per heavy atom. The molecule has 6 nitrogen and oxygen atoms in total. The van der Waals surface area contributed by atoms with Crippen LogP contribution in [0.2, 0.25) is 5.02 Å². The van der Waals surface area contributed by atoms with Crippen molar-refractivity contribution in [3.63, 3.8) is 0 Å². The molecule has 0 aliphatic heterocycles. The Morgan fingerprint density at radius 1 is 0.974 bits per heavy atom. The summed E-state index contributed by atoms with van der Waals surface area (Å²) < 4.78 is 13.5. The Hall–Kier alpha value is -2.93. The fourth-order valence-corrected chi connectivity index (χ4v) is 4.63. The number of aryl methyl sites for hydroxylation is 1. The molecule has 0 radical (unpaired) electrons. The lowest BCUT2D eigenvalue weighted by molar-refractivity contribution is -0.143. The highest BCUT2D eigenvalue weighted by Gasteiger charge is 2.35. The first-order valence-electron chi connectivity index (χ1n) is 13.2. The van der Waals surface area contributed by atoms with Gasteiger partial charge in [0, 0.05) is 13.0 Å². The van der Waals surface area contributed by atoms with Crippen molar-refractivity contribution in [1.82, 2.24) is 10.6 Å². The van der Waals surface area contributed by atoms with Gasteiger partial charge in [-0.05, 0) is 59.9 Å². The molecular weight excluding hydrogens is 507 g/mol. The first-order valence-corrected chi connectivity index (χ1v) is 13.5. The molecule has 0 spiro atoms. The van der Waals surface area contributed by atoms with Crippen molar-refractivity contribution in [3.05, 3.63) is 58.9 Å². The summed E-state index contributed by atoms with van der Waals surface area (Å²) in [6.07, 6.45) is 3.34. The molecule has 38 heavy (non-hydrogen) atoms. The van der Waals surface area contributed by atoms with Crippen molar-refractivity contribution in [2.24, 2.45) is 17.3 Å². The number of halogens is 2. The smallest absolute Gasteiger partial charge is 0.306 e. The number of likely N-dealkylation sites (N-methyl/N-ethyl adjacent to an activating group) is 1. The average Bonchev–Trinajstić information content (AvgIpc) is 2.87. The predicted molar refractivity (Wildman–Crippen MR) is 149 cm³/mol. The first kappa shape index (κ1) is 31.3. The van der Waals surface area contributed by atoms with E-state index in [-0.39, 0.29) is 23.3 Å². The van der Waals surface area contributed by atoms with Crippen LogP contribution < -0.4 is 10.6 Å². The molecule has 0 bridgehead atoms. The van der Waals surface area contributed by atoms with Gasteiger partial charge in [0.25, 0.3) is 0 Å². The van der Waals surface area contributed by atoms with Crippen LogP contribution in [-0.4, -0.2) is 36.0 Å². The maximum Gasteiger partial charge on any atom is 0.306 e. The van der Waals surface area contributed by atoms with Crippen molar-refractivity contribution in [2.75, 3.05) is 7.05 Å². The molecule has 0 fully saturated rings. The lowest BCUT2D eigenvalue weighted by Gasteiger charge is -2.31. The number of carbonyl (C=O) groups is 3. The molecule has 0 unspecified atom stereocenters. The van der Waals surface area contributed by atoms with Gasteiger partial charge in [-0.3, -0.25) is 14.4 Å². The molecule has 0 aliphatic rings. The minimum absolute atomic E-state index is 0.0572. The molecule has 0 aliphatic carbocycles. The van der Waals surface area contributed by atoms with Crippen molar-refractivity contribution in [2.45, 2.75) is 72.3 Å². The van der Waals surface area contributed by atoms with E-state index in [1.54, 1.807) is 12.1 Å². The average molecular weight is 547 g/mol. The number of aliphatic carboxylic acids is 1. The molecular formula is C30H40ClFN2O4. The SMILES string of the molecule is CCCC[C@@H](C[C@H](CCc1ccc(-c2ccc(F)c(Cl)c2)cc1)C(=O)N[C@H](C(=O)NC)C(C)(C)C)C(=O)O. The summed E-state index contributed by atoms with van der Waals surface area (Å²) in [4.78, 5) is 37.9. The summed E-state index contributed by atoms with van der Waals surface area (Å²) in [6.45, 7) is 7.63. The molecule has 0 saturated heterocycles. The van der Waals surface area contributed by atoms with Gasteiger partial charge in [-0.25, -0.2) is 4.39 Å². The van der Waals surface area contributed by atoms with Gasteiger partial charge in [0.1, 0.15) is 11.9 Å². The summed E-state index contributed by atoms with van der Waals surface area (Å²) >= 11 is 5.92. The molecule has 0 aromatic heterocycles. The molecule has 2 rings (SSSR count). The molecule has 3 N–H and O–H groups in total. The van der Waals surface area contributed by atoms with Gasteiger partial charge in [0.2, 0.25) is 11.8 Å². The van der Waals surface area contributed by atoms with Gasteiger partial charge in [0.15, 0.2) is 0 Å². The molecule has 208 valence electrons. The van der Waals surface area contributed by atoms with Gasteiger partial charge in [-0.15, -0.1) is 0 Å². The van der Waals surface area contributed by atoms with E-state index < -0.39 is 35.1 Å². The Morgan fingerprint density at radius 2 is 1.61 bits per heavy atom. The number of nitrogens with one attached hydrogen (secondary N) is 2. The second-order valence-corrected chi connectivity index (χ2v) is 11.3. The Bertz CT molecular complexity index is 1100. The van der Waals surface area contributed by atoms with Crippen molar-refractivity contribution < 1.29 is 23.9 Å². The van der Waals surface area contributed by atoms with Crippen LogP contribution in [0.3, 0.4) is 0 Å². The third-order valence-corrected chi connectivity index (χ3v) is 7.13. The van der Waals surface area contributed by atoms with Crippen LogP contribution >= 0.6 is 11.6 Å². The number of carboxylic acids is 1. The summed E-state index contributed by atoms with van der Waals surface area (Å²) in [6, 6.07) is 11.5. The maximum absolute atomic E-state index is 13.5. The molecule has 0 heterocycles. The largest absolute Gasteiger partial charge is 0.481 e. The highest BCUT2D eigenvalue weighted by Crippen LogP contribution is 2.28. The number of unbranched alkanes of at least 4 members (excludes halogenated alkanes) is 1. The lowest BCUT2D eigenvalue weighted by atomic mass is 9.83. The number of carbonyl (C=O) groups excluding carboxylic acids is 2. The van der Waals surface area contributed by atoms with Crippen LogP contribution in [0.25, 0.3) is 11.1 Å². The number of carboxylic acid groups (broad SMARTS) is 1. The van der Waals surface area contributed by atoms with Crippen molar-refractivity contribution in [3.8, 4) is 11.1 Å². The van der Waals surface area contributed by atoms with Crippen LogP contribution in [0.4, 0.5) is 4.39 Å². The van der Waals surface area contributed by atoms with E-state index in [0.29, 0.717) is 19.3 Å². The minimum Gasteiger partial charge on any atom is -0.481 e. The fourth-order valence-electron chi connectivity index (χ4n) is 4.45. The second-order valence-electron chi connectivity index (χ2n) is 10.9. The Kier molecular flexibility index (Phi) is 11.8. The second kappa shape index (κ2) is 14.3. The number of rotatable bonds is 13. The zero-order valence-electron chi connectivity index (χ0n) is 22.9. The first-order chi connectivity index (χ1) is 17.9. The summed E-state index contributed by atoms with van der Waals surface area (Å²) in [5.74, 6) is -3.18. The Labute approximate surface area is 230 Å². The van der Waals surface area contributed by atoms with Crippen LogP contribution in [0, 0.1) is 23.1 Å². The van der Waals surface area contributed by atoms with Crippen LogP contribution in [0.15, 0.2) is 42.5 Å². The van der Waals surface area contributed by atoms with Gasteiger partial charge in [-0.2, -0.15) is 0 Å². The molecule has 3 atom stereocenters. The molecule has 0 saturated carbocycles. The van der Waals surface area contributed by atoms with Gasteiger partial charge in [0.05, 0.1) is 10.9 Å². The fraction of sp³-hybridized carbons (Fsp3) is 0.500. The number of hydrogen-bond acceptors (Lipinski definition) is 3. The van der Waals surface area contributed by atoms with Crippen LogP contribution in [0.5, 0.6) is 0 Å². The number of hydrogen-bond donors (Lipinski definition) is 3. The van der Waals surface area contributed by atoms with E-state index in [2.05, 4.69) is 10.6 Å². The third-order valence-electron chi connectivity index (χ3n) is 6.84. The zero-order chi connectivity index (χ0) is 28.5. The van der Waals surface area contributed by atoms with E-state index in [1.165, 1.54) is 13.1 Å². The van der Waals surface area contributed by atoms with E-state index >= 15 is 0 Å². The summed E-state index contributed by atoms with van der Waals surface area (Å²) in [5.41, 5.74) is 2.14. The maximum atomic E-state index is 13.5. The van der Waals surface area contributed by atoms with E-state index in [9.17, 15) is 23.9 Å². The quantitative estimate of drug-likeness (QED) is 0.276.